The predicted molar refractivity (Wildman–Crippen MR) is 77.9 cm³/mol. The third-order valence-electron chi connectivity index (χ3n) is 4.57. The summed E-state index contributed by atoms with van der Waals surface area (Å²) in [7, 11) is 0. The molecule has 1 aromatic rings. The van der Waals surface area contributed by atoms with Crippen LogP contribution in [0.5, 0.6) is 11.5 Å². The molecule has 0 atom stereocenters. The van der Waals surface area contributed by atoms with Crippen molar-refractivity contribution >= 4 is 6.03 Å². The lowest BCUT2D eigenvalue weighted by Crippen LogP contribution is -2.37. The minimum atomic E-state index is 0.0377. The van der Waals surface area contributed by atoms with Crippen LogP contribution in [0.4, 0.5) is 4.79 Å². The van der Waals surface area contributed by atoms with E-state index in [1.54, 1.807) is 0 Å². The van der Waals surface area contributed by atoms with Crippen LogP contribution >= 0.6 is 0 Å². The number of benzene rings is 1. The van der Waals surface area contributed by atoms with E-state index in [9.17, 15) is 4.79 Å². The maximum absolute atomic E-state index is 12.2. The van der Waals surface area contributed by atoms with E-state index in [0.717, 1.165) is 69.0 Å². The Labute approximate surface area is 124 Å². The van der Waals surface area contributed by atoms with E-state index < -0.39 is 0 Å². The first-order valence-electron chi connectivity index (χ1n) is 7.79. The quantitative estimate of drug-likeness (QED) is 0.903. The number of urea groups is 1. The van der Waals surface area contributed by atoms with E-state index in [1.165, 1.54) is 11.1 Å². The summed E-state index contributed by atoms with van der Waals surface area (Å²) >= 11 is 0. The molecule has 5 nitrogen and oxygen atoms in total. The highest BCUT2D eigenvalue weighted by Gasteiger charge is 2.27. The van der Waals surface area contributed by atoms with Gasteiger partial charge >= 0.3 is 6.03 Å². The summed E-state index contributed by atoms with van der Waals surface area (Å²) < 4.78 is 11.5. The van der Waals surface area contributed by atoms with Crippen molar-refractivity contribution in [1.29, 1.82) is 0 Å². The Morgan fingerprint density at radius 1 is 1.19 bits per heavy atom. The van der Waals surface area contributed by atoms with Gasteiger partial charge in [0, 0.05) is 49.2 Å². The standard InChI is InChI=1S/C16H20N2O3/c19-16(18-5-1-2-6-18)17-10-13-12-4-8-20-14(12)9-11-3-7-21-15(11)13/h9H,1-8,10H2,(H,17,19). The fraction of sp³-hybridized carbons (Fsp3) is 0.562. The summed E-state index contributed by atoms with van der Waals surface area (Å²) in [4.78, 5) is 14.1. The molecular weight excluding hydrogens is 268 g/mol. The average Bonchev–Trinajstić information content (AvgIpc) is 3.21. The van der Waals surface area contributed by atoms with E-state index in [-0.39, 0.29) is 6.03 Å². The number of hydrogen-bond acceptors (Lipinski definition) is 3. The van der Waals surface area contributed by atoms with E-state index in [1.807, 2.05) is 4.90 Å². The number of amides is 2. The van der Waals surface area contributed by atoms with Gasteiger partial charge in [0.2, 0.25) is 0 Å². The second-order valence-electron chi connectivity index (χ2n) is 5.87. The molecule has 2 amide bonds. The molecule has 0 unspecified atom stereocenters. The van der Waals surface area contributed by atoms with Gasteiger partial charge in [-0.1, -0.05) is 0 Å². The zero-order valence-corrected chi connectivity index (χ0v) is 12.1. The number of rotatable bonds is 2. The maximum Gasteiger partial charge on any atom is 0.317 e. The van der Waals surface area contributed by atoms with Gasteiger partial charge in [0.15, 0.2) is 0 Å². The number of likely N-dealkylation sites (tertiary alicyclic amines) is 1. The lowest BCUT2D eigenvalue weighted by Gasteiger charge is -2.18. The molecule has 3 aliphatic rings. The Kier molecular flexibility index (Phi) is 3.13. The molecule has 3 heterocycles. The average molecular weight is 288 g/mol. The Balaban J connectivity index is 1.56. The summed E-state index contributed by atoms with van der Waals surface area (Å²) in [5, 5.41) is 3.05. The highest BCUT2D eigenvalue weighted by atomic mass is 16.5. The van der Waals surface area contributed by atoms with Crippen LogP contribution < -0.4 is 14.8 Å². The molecule has 0 radical (unpaired) electrons. The first kappa shape index (κ1) is 12.8. The number of carbonyl (C=O) groups excluding carboxylic acids is 1. The van der Waals surface area contributed by atoms with E-state index in [4.69, 9.17) is 9.47 Å². The van der Waals surface area contributed by atoms with Crippen molar-refractivity contribution < 1.29 is 14.3 Å². The van der Waals surface area contributed by atoms with Crippen molar-refractivity contribution in [3.63, 3.8) is 0 Å². The fourth-order valence-corrected chi connectivity index (χ4v) is 3.47. The second kappa shape index (κ2) is 5.13. The number of hydrogen-bond donors (Lipinski definition) is 1. The minimum Gasteiger partial charge on any atom is -0.493 e. The maximum atomic E-state index is 12.2. The topological polar surface area (TPSA) is 50.8 Å². The van der Waals surface area contributed by atoms with Gasteiger partial charge in [-0.25, -0.2) is 4.79 Å². The molecule has 4 rings (SSSR count). The molecule has 0 aliphatic carbocycles. The lowest BCUT2D eigenvalue weighted by atomic mass is 9.99. The molecule has 1 fully saturated rings. The second-order valence-corrected chi connectivity index (χ2v) is 5.87. The third-order valence-corrected chi connectivity index (χ3v) is 4.57. The summed E-state index contributed by atoms with van der Waals surface area (Å²) in [5.74, 6) is 1.95. The number of carbonyl (C=O) groups is 1. The van der Waals surface area contributed by atoms with Crippen LogP contribution in [0.3, 0.4) is 0 Å². The van der Waals surface area contributed by atoms with Gasteiger partial charge in [0.25, 0.3) is 0 Å². The molecule has 5 heteroatoms. The first-order chi connectivity index (χ1) is 10.3. The Morgan fingerprint density at radius 2 is 2.00 bits per heavy atom. The normalized spacial score (nSPS) is 19.0. The van der Waals surface area contributed by atoms with Gasteiger partial charge in [0.1, 0.15) is 11.5 Å². The van der Waals surface area contributed by atoms with Crippen LogP contribution in [0.15, 0.2) is 6.07 Å². The molecular formula is C16H20N2O3. The first-order valence-corrected chi connectivity index (χ1v) is 7.79. The Morgan fingerprint density at radius 3 is 2.86 bits per heavy atom. The summed E-state index contributed by atoms with van der Waals surface area (Å²) in [5.41, 5.74) is 3.53. The molecule has 0 saturated carbocycles. The van der Waals surface area contributed by atoms with Gasteiger partial charge in [-0.15, -0.1) is 0 Å². The van der Waals surface area contributed by atoms with Crippen molar-refractivity contribution in [3.8, 4) is 11.5 Å². The van der Waals surface area contributed by atoms with E-state index in [0.29, 0.717) is 6.54 Å². The molecule has 112 valence electrons. The SMILES string of the molecule is O=C(NCc1c2c(cc3c1OCC3)OCC2)N1CCCC1. The molecule has 1 N–H and O–H groups in total. The molecule has 0 spiro atoms. The molecule has 0 aromatic heterocycles. The predicted octanol–water partition coefficient (Wildman–Crippen LogP) is 1.86. The highest BCUT2D eigenvalue weighted by molar-refractivity contribution is 5.74. The molecule has 1 saturated heterocycles. The van der Waals surface area contributed by atoms with E-state index >= 15 is 0 Å². The number of ether oxygens (including phenoxy) is 2. The van der Waals surface area contributed by atoms with Crippen LogP contribution in [-0.4, -0.2) is 37.2 Å². The van der Waals surface area contributed by atoms with Crippen molar-refractivity contribution in [2.75, 3.05) is 26.3 Å². The Bertz CT molecular complexity index is 547. The van der Waals surface area contributed by atoms with Crippen LogP contribution in [-0.2, 0) is 19.4 Å². The summed E-state index contributed by atoms with van der Waals surface area (Å²) in [6, 6.07) is 2.15. The Hall–Kier alpha value is -1.91. The van der Waals surface area contributed by atoms with E-state index in [2.05, 4.69) is 11.4 Å². The monoisotopic (exact) mass is 288 g/mol. The third kappa shape index (κ3) is 2.20. The zero-order chi connectivity index (χ0) is 14.2. The lowest BCUT2D eigenvalue weighted by molar-refractivity contribution is 0.208. The van der Waals surface area contributed by atoms with Gasteiger partial charge < -0.3 is 19.7 Å². The number of nitrogens with zero attached hydrogens (tertiary/aromatic N) is 1. The smallest absolute Gasteiger partial charge is 0.317 e. The molecule has 21 heavy (non-hydrogen) atoms. The highest BCUT2D eigenvalue weighted by Crippen LogP contribution is 2.40. The van der Waals surface area contributed by atoms with Gasteiger partial charge in [0.05, 0.1) is 13.2 Å². The van der Waals surface area contributed by atoms with Crippen molar-refractivity contribution in [1.82, 2.24) is 10.2 Å². The van der Waals surface area contributed by atoms with Crippen molar-refractivity contribution in [2.45, 2.75) is 32.2 Å². The zero-order valence-electron chi connectivity index (χ0n) is 12.1. The van der Waals surface area contributed by atoms with Crippen molar-refractivity contribution in [3.05, 3.63) is 22.8 Å². The summed E-state index contributed by atoms with van der Waals surface area (Å²) in [6.45, 7) is 3.73. The van der Waals surface area contributed by atoms with Crippen LogP contribution in [0.2, 0.25) is 0 Å². The van der Waals surface area contributed by atoms with Gasteiger partial charge in [-0.3, -0.25) is 0 Å². The fourth-order valence-electron chi connectivity index (χ4n) is 3.47. The van der Waals surface area contributed by atoms with Crippen LogP contribution in [0.25, 0.3) is 0 Å². The van der Waals surface area contributed by atoms with Crippen molar-refractivity contribution in [2.24, 2.45) is 0 Å². The van der Waals surface area contributed by atoms with Gasteiger partial charge in [-0.2, -0.15) is 0 Å². The minimum absolute atomic E-state index is 0.0377. The van der Waals surface area contributed by atoms with Crippen LogP contribution in [0.1, 0.15) is 29.5 Å². The largest absolute Gasteiger partial charge is 0.493 e. The van der Waals surface area contributed by atoms with Crippen LogP contribution in [0, 0.1) is 0 Å². The summed E-state index contributed by atoms with van der Waals surface area (Å²) in [6.07, 6.45) is 4.06. The molecule has 0 bridgehead atoms. The molecule has 1 aromatic carbocycles. The molecule has 3 aliphatic heterocycles. The number of nitrogens with one attached hydrogen (secondary N) is 1. The van der Waals surface area contributed by atoms with Gasteiger partial charge in [-0.05, 0) is 18.9 Å². The number of fused-ring (bicyclic) bond motifs is 2.